The zero-order valence-corrected chi connectivity index (χ0v) is 13.6. The molecule has 1 aromatic rings. The third-order valence-electron chi connectivity index (χ3n) is 2.26. The second kappa shape index (κ2) is 9.07. The third-order valence-corrected chi connectivity index (χ3v) is 2.26. The Hall–Kier alpha value is 0.0900. The van der Waals surface area contributed by atoms with E-state index in [1.165, 1.54) is 18.4 Å². The second-order valence-corrected chi connectivity index (χ2v) is 5.37. The SMILES string of the molecule is CS(=O)(=O)O.[Na+].[c-]1ccccc1C1CCCCO1. The van der Waals surface area contributed by atoms with Crippen molar-refractivity contribution >= 4 is 10.1 Å². The maximum absolute atomic E-state index is 9.19. The molecule has 0 saturated carbocycles. The van der Waals surface area contributed by atoms with Gasteiger partial charge in [-0.2, -0.15) is 38.7 Å². The summed E-state index contributed by atoms with van der Waals surface area (Å²) < 4.78 is 31.5. The van der Waals surface area contributed by atoms with Gasteiger partial charge in [-0.25, -0.2) is 0 Å². The number of rotatable bonds is 1. The van der Waals surface area contributed by atoms with Crippen molar-refractivity contribution in [1.29, 1.82) is 0 Å². The van der Waals surface area contributed by atoms with Crippen LogP contribution in [0.2, 0.25) is 0 Å². The average Bonchev–Trinajstić information content (AvgIpc) is 2.29. The first-order chi connectivity index (χ1) is 7.97. The Morgan fingerprint density at radius 1 is 1.39 bits per heavy atom. The van der Waals surface area contributed by atoms with Crippen molar-refractivity contribution in [1.82, 2.24) is 0 Å². The van der Waals surface area contributed by atoms with Crippen LogP contribution < -0.4 is 29.6 Å². The van der Waals surface area contributed by atoms with Gasteiger partial charge in [0.15, 0.2) is 0 Å². The van der Waals surface area contributed by atoms with Crippen LogP contribution in [0.3, 0.4) is 0 Å². The normalized spacial score (nSPS) is 19.1. The molecule has 0 aromatic heterocycles. The summed E-state index contributed by atoms with van der Waals surface area (Å²) in [7, 11) is -3.67. The average molecular weight is 280 g/mol. The van der Waals surface area contributed by atoms with Crippen molar-refractivity contribution in [3.63, 3.8) is 0 Å². The van der Waals surface area contributed by atoms with Crippen LogP contribution in [0.15, 0.2) is 24.3 Å². The molecule has 0 amide bonds. The Kier molecular flexibility index (Phi) is 9.11. The van der Waals surface area contributed by atoms with Crippen LogP contribution in [0.1, 0.15) is 30.9 Å². The summed E-state index contributed by atoms with van der Waals surface area (Å²) >= 11 is 0. The van der Waals surface area contributed by atoms with Gasteiger partial charge in [-0.15, -0.1) is 5.56 Å². The van der Waals surface area contributed by atoms with Gasteiger partial charge < -0.3 is 4.74 Å². The summed E-state index contributed by atoms with van der Waals surface area (Å²) in [5, 5.41) is 0. The molecule has 6 heteroatoms. The van der Waals surface area contributed by atoms with Crippen molar-refractivity contribution in [2.24, 2.45) is 0 Å². The molecular formula is C12H17NaO4S. The largest absolute Gasteiger partial charge is 1.00 e. The van der Waals surface area contributed by atoms with Gasteiger partial charge in [0, 0.05) is 6.61 Å². The van der Waals surface area contributed by atoms with Crippen LogP contribution in [-0.2, 0) is 14.9 Å². The van der Waals surface area contributed by atoms with Gasteiger partial charge in [0.05, 0.1) is 12.4 Å². The van der Waals surface area contributed by atoms with Gasteiger partial charge in [-0.05, 0) is 19.3 Å². The maximum Gasteiger partial charge on any atom is 1.00 e. The van der Waals surface area contributed by atoms with Crippen molar-refractivity contribution in [2.75, 3.05) is 12.9 Å². The summed E-state index contributed by atoms with van der Waals surface area (Å²) in [5.74, 6) is 0. The van der Waals surface area contributed by atoms with E-state index in [4.69, 9.17) is 9.29 Å². The predicted octanol–water partition coefficient (Wildman–Crippen LogP) is -0.764. The Morgan fingerprint density at radius 3 is 2.50 bits per heavy atom. The van der Waals surface area contributed by atoms with Gasteiger partial charge >= 0.3 is 29.6 Å². The zero-order chi connectivity index (χ0) is 12.7. The molecule has 1 saturated heterocycles. The first kappa shape index (κ1) is 18.1. The zero-order valence-electron chi connectivity index (χ0n) is 10.8. The van der Waals surface area contributed by atoms with Gasteiger partial charge in [0.25, 0.3) is 10.1 Å². The minimum Gasteiger partial charge on any atom is -0.376 e. The monoisotopic (exact) mass is 280 g/mol. The fraction of sp³-hybridized carbons (Fsp3) is 0.500. The van der Waals surface area contributed by atoms with E-state index in [2.05, 4.69) is 12.1 Å². The third kappa shape index (κ3) is 9.08. The molecule has 0 bridgehead atoms. The summed E-state index contributed by atoms with van der Waals surface area (Å²) in [6.07, 6.45) is 4.67. The van der Waals surface area contributed by atoms with Crippen LogP contribution in [0.25, 0.3) is 0 Å². The summed E-state index contributed by atoms with van der Waals surface area (Å²) in [6.45, 7) is 0.910. The summed E-state index contributed by atoms with van der Waals surface area (Å²) in [5.41, 5.74) is 1.21. The minimum atomic E-state index is -3.67. The molecule has 0 radical (unpaired) electrons. The van der Waals surface area contributed by atoms with Crippen molar-refractivity contribution in [3.8, 4) is 0 Å². The van der Waals surface area contributed by atoms with E-state index >= 15 is 0 Å². The Labute approximate surface area is 131 Å². The number of hydrogen-bond donors (Lipinski definition) is 1. The topological polar surface area (TPSA) is 63.6 Å². The Balaban J connectivity index is 0.000000421. The quantitative estimate of drug-likeness (QED) is 0.417. The van der Waals surface area contributed by atoms with E-state index in [1.807, 2.05) is 18.2 Å². The van der Waals surface area contributed by atoms with Crippen molar-refractivity contribution in [2.45, 2.75) is 25.4 Å². The number of benzene rings is 1. The molecule has 1 aromatic carbocycles. The van der Waals surface area contributed by atoms with Gasteiger partial charge in [-0.3, -0.25) is 4.55 Å². The maximum atomic E-state index is 9.19. The Morgan fingerprint density at radius 2 is 2.06 bits per heavy atom. The van der Waals surface area contributed by atoms with E-state index in [0.717, 1.165) is 13.0 Å². The van der Waals surface area contributed by atoms with Gasteiger partial charge in [-0.1, -0.05) is 0 Å². The van der Waals surface area contributed by atoms with E-state index in [9.17, 15) is 8.42 Å². The van der Waals surface area contributed by atoms with Crippen molar-refractivity contribution < 1.29 is 47.3 Å². The predicted molar refractivity (Wildman–Crippen MR) is 65.3 cm³/mol. The van der Waals surface area contributed by atoms with E-state index in [0.29, 0.717) is 12.4 Å². The molecule has 1 aliphatic rings. The molecule has 1 atom stereocenters. The molecule has 2 rings (SSSR count). The van der Waals surface area contributed by atoms with E-state index in [1.54, 1.807) is 0 Å². The summed E-state index contributed by atoms with van der Waals surface area (Å²) in [6, 6.07) is 11.3. The smallest absolute Gasteiger partial charge is 0.376 e. The van der Waals surface area contributed by atoms with E-state index < -0.39 is 10.1 Å². The van der Waals surface area contributed by atoms with Gasteiger partial charge in [0.1, 0.15) is 0 Å². The fourth-order valence-electron chi connectivity index (χ4n) is 1.59. The first-order valence-corrected chi connectivity index (χ1v) is 7.32. The van der Waals surface area contributed by atoms with Crippen LogP contribution >= 0.6 is 0 Å². The minimum absolute atomic E-state index is 0. The molecule has 1 aliphatic heterocycles. The molecule has 1 fully saturated rings. The van der Waals surface area contributed by atoms with Crippen LogP contribution in [0, 0.1) is 6.07 Å². The number of ether oxygens (including phenoxy) is 1. The first-order valence-electron chi connectivity index (χ1n) is 5.47. The van der Waals surface area contributed by atoms with Gasteiger partial charge in [0.2, 0.25) is 0 Å². The molecule has 18 heavy (non-hydrogen) atoms. The van der Waals surface area contributed by atoms with Crippen LogP contribution in [0.5, 0.6) is 0 Å². The van der Waals surface area contributed by atoms with Crippen LogP contribution in [0.4, 0.5) is 0 Å². The Bertz CT molecular complexity index is 405. The molecule has 1 heterocycles. The summed E-state index contributed by atoms with van der Waals surface area (Å²) in [4.78, 5) is 0. The molecule has 96 valence electrons. The molecule has 1 N–H and O–H groups in total. The van der Waals surface area contributed by atoms with Crippen LogP contribution in [-0.4, -0.2) is 25.8 Å². The fourth-order valence-corrected chi connectivity index (χ4v) is 1.59. The molecule has 0 spiro atoms. The molecule has 1 unspecified atom stereocenters. The second-order valence-electron chi connectivity index (χ2n) is 3.91. The molecule has 4 nitrogen and oxygen atoms in total. The molecule has 0 aliphatic carbocycles. The van der Waals surface area contributed by atoms with E-state index in [-0.39, 0.29) is 29.6 Å². The number of hydrogen-bond acceptors (Lipinski definition) is 3. The standard InChI is InChI=1S/C11H13O.CH4O3S.Na/c1-2-6-10(7-3-1)11-8-4-5-9-12-11;1-5(2,3)4;/h1-3,6,11H,4-5,8-9H2;1H3,(H,2,3,4);/q-1;;+1. The molecular weight excluding hydrogens is 263 g/mol. The van der Waals surface area contributed by atoms with Crippen molar-refractivity contribution in [3.05, 3.63) is 35.9 Å².